The van der Waals surface area contributed by atoms with Crippen LogP contribution in [0.15, 0.2) is 24.3 Å². The molecule has 0 fully saturated rings. The van der Waals surface area contributed by atoms with E-state index in [1.807, 2.05) is 0 Å². The molecule has 2 rings (SSSR count). The Balaban J connectivity index is 2.28. The molecular weight excluding hydrogens is 172 g/mol. The van der Waals surface area contributed by atoms with E-state index in [-0.39, 0.29) is 5.54 Å². The number of rotatable bonds is 2. The molecule has 0 radical (unpaired) electrons. The zero-order chi connectivity index (χ0) is 10.0. The monoisotopic (exact) mass is 190 g/mol. The van der Waals surface area contributed by atoms with Gasteiger partial charge in [0, 0.05) is 6.54 Å². The summed E-state index contributed by atoms with van der Waals surface area (Å²) in [5, 5.41) is 7.14. The summed E-state index contributed by atoms with van der Waals surface area (Å²) in [6, 6.07) is 8.41. The molecule has 14 heavy (non-hydrogen) atoms. The third kappa shape index (κ3) is 1.45. The summed E-state index contributed by atoms with van der Waals surface area (Å²) in [6.07, 6.45) is 2.32. The van der Waals surface area contributed by atoms with Crippen LogP contribution in [-0.2, 0) is 0 Å². The number of nitrogens with one attached hydrogen (secondary N) is 2. The Labute approximate surface area is 85.7 Å². The van der Waals surface area contributed by atoms with Gasteiger partial charge in [0.05, 0.1) is 16.9 Å². The first-order valence-electron chi connectivity index (χ1n) is 5.41. The number of anilines is 2. The third-order valence-corrected chi connectivity index (χ3v) is 3.30. The molecule has 2 N–H and O–H groups in total. The van der Waals surface area contributed by atoms with E-state index in [9.17, 15) is 0 Å². The van der Waals surface area contributed by atoms with E-state index in [0.29, 0.717) is 0 Å². The molecule has 0 atom stereocenters. The third-order valence-electron chi connectivity index (χ3n) is 3.30. The van der Waals surface area contributed by atoms with Crippen molar-refractivity contribution < 1.29 is 0 Å². The van der Waals surface area contributed by atoms with Gasteiger partial charge in [0.25, 0.3) is 0 Å². The van der Waals surface area contributed by atoms with Crippen molar-refractivity contribution >= 4 is 11.4 Å². The lowest BCUT2D eigenvalue weighted by atomic mass is 9.90. The Morgan fingerprint density at radius 3 is 2.43 bits per heavy atom. The van der Waals surface area contributed by atoms with Gasteiger partial charge in [0.15, 0.2) is 0 Å². The van der Waals surface area contributed by atoms with E-state index in [2.05, 4.69) is 48.7 Å². The molecule has 0 aromatic heterocycles. The predicted molar refractivity (Wildman–Crippen MR) is 61.9 cm³/mol. The zero-order valence-electron chi connectivity index (χ0n) is 8.93. The van der Waals surface area contributed by atoms with E-state index in [1.54, 1.807) is 0 Å². The molecule has 1 heterocycles. The van der Waals surface area contributed by atoms with Crippen molar-refractivity contribution in [1.29, 1.82) is 0 Å². The van der Waals surface area contributed by atoms with Gasteiger partial charge >= 0.3 is 0 Å². The molecule has 0 aliphatic carbocycles. The number of hydrogen-bond donors (Lipinski definition) is 2. The zero-order valence-corrected chi connectivity index (χ0v) is 8.93. The number of para-hydroxylation sites is 2. The summed E-state index contributed by atoms with van der Waals surface area (Å²) in [5.41, 5.74) is 2.71. The second kappa shape index (κ2) is 3.52. The minimum Gasteiger partial charge on any atom is -0.381 e. The fourth-order valence-electron chi connectivity index (χ4n) is 2.02. The molecule has 1 aliphatic rings. The highest BCUT2D eigenvalue weighted by Crippen LogP contribution is 2.32. The van der Waals surface area contributed by atoms with Crippen LogP contribution in [0.1, 0.15) is 26.7 Å². The van der Waals surface area contributed by atoms with Crippen LogP contribution in [0.4, 0.5) is 11.4 Å². The molecule has 2 nitrogen and oxygen atoms in total. The fourth-order valence-corrected chi connectivity index (χ4v) is 2.02. The number of hydrogen-bond acceptors (Lipinski definition) is 2. The van der Waals surface area contributed by atoms with Crippen LogP contribution in [0, 0.1) is 0 Å². The summed E-state index contributed by atoms with van der Waals surface area (Å²) < 4.78 is 0. The van der Waals surface area contributed by atoms with Crippen molar-refractivity contribution in [2.45, 2.75) is 32.2 Å². The first-order valence-corrected chi connectivity index (χ1v) is 5.41. The molecule has 0 saturated heterocycles. The summed E-state index contributed by atoms with van der Waals surface area (Å²) >= 11 is 0. The lowest BCUT2D eigenvalue weighted by Crippen LogP contribution is -2.46. The fraction of sp³-hybridized carbons (Fsp3) is 0.500. The Bertz CT molecular complexity index is 316. The highest BCUT2D eigenvalue weighted by atomic mass is 15.1. The van der Waals surface area contributed by atoms with E-state index < -0.39 is 0 Å². The van der Waals surface area contributed by atoms with Gasteiger partial charge < -0.3 is 10.6 Å². The maximum Gasteiger partial charge on any atom is 0.0580 e. The summed E-state index contributed by atoms with van der Waals surface area (Å²) in [4.78, 5) is 0. The number of fused-ring (bicyclic) bond motifs is 1. The van der Waals surface area contributed by atoms with Crippen molar-refractivity contribution in [1.82, 2.24) is 0 Å². The lowest BCUT2D eigenvalue weighted by Gasteiger charge is -2.39. The summed E-state index contributed by atoms with van der Waals surface area (Å²) in [7, 11) is 0. The molecule has 0 unspecified atom stereocenters. The van der Waals surface area contributed by atoms with Crippen LogP contribution in [0.2, 0.25) is 0 Å². The van der Waals surface area contributed by atoms with Crippen molar-refractivity contribution in [3.8, 4) is 0 Å². The predicted octanol–water partition coefficient (Wildman–Crippen LogP) is 3.08. The minimum atomic E-state index is 0.244. The van der Waals surface area contributed by atoms with Gasteiger partial charge in [0.1, 0.15) is 0 Å². The minimum absolute atomic E-state index is 0.244. The van der Waals surface area contributed by atoms with Crippen molar-refractivity contribution in [2.75, 3.05) is 17.2 Å². The second-order valence-corrected chi connectivity index (χ2v) is 4.01. The van der Waals surface area contributed by atoms with Gasteiger partial charge in [-0.15, -0.1) is 0 Å². The van der Waals surface area contributed by atoms with Gasteiger partial charge in [-0.2, -0.15) is 0 Å². The maximum absolute atomic E-state index is 3.65. The summed E-state index contributed by atoms with van der Waals surface area (Å²) in [5.74, 6) is 0. The largest absolute Gasteiger partial charge is 0.381 e. The van der Waals surface area contributed by atoms with Crippen LogP contribution in [0.5, 0.6) is 0 Å². The molecule has 76 valence electrons. The van der Waals surface area contributed by atoms with Gasteiger partial charge in [0.2, 0.25) is 0 Å². The van der Waals surface area contributed by atoms with Gasteiger partial charge in [-0.05, 0) is 25.0 Å². The van der Waals surface area contributed by atoms with E-state index in [0.717, 1.165) is 19.4 Å². The Morgan fingerprint density at radius 1 is 1.14 bits per heavy atom. The van der Waals surface area contributed by atoms with Gasteiger partial charge in [-0.3, -0.25) is 0 Å². The lowest BCUT2D eigenvalue weighted by molar-refractivity contribution is 0.451. The van der Waals surface area contributed by atoms with E-state index >= 15 is 0 Å². The molecule has 2 heteroatoms. The average Bonchev–Trinajstić information content (AvgIpc) is 2.28. The topological polar surface area (TPSA) is 24.1 Å². The highest BCUT2D eigenvalue weighted by molar-refractivity contribution is 5.72. The molecule has 0 bridgehead atoms. The molecular formula is C12H18N2. The highest BCUT2D eigenvalue weighted by Gasteiger charge is 2.29. The Hall–Kier alpha value is -1.18. The van der Waals surface area contributed by atoms with Crippen molar-refractivity contribution in [3.05, 3.63) is 24.3 Å². The smallest absolute Gasteiger partial charge is 0.0580 e. The van der Waals surface area contributed by atoms with E-state index in [1.165, 1.54) is 11.4 Å². The second-order valence-electron chi connectivity index (χ2n) is 4.01. The van der Waals surface area contributed by atoms with Gasteiger partial charge in [-0.1, -0.05) is 26.0 Å². The van der Waals surface area contributed by atoms with Crippen LogP contribution in [0.25, 0.3) is 0 Å². The normalized spacial score (nSPS) is 17.9. The molecule has 1 aliphatic heterocycles. The Morgan fingerprint density at radius 2 is 1.79 bits per heavy atom. The van der Waals surface area contributed by atoms with Gasteiger partial charge in [-0.25, -0.2) is 0 Å². The van der Waals surface area contributed by atoms with Crippen LogP contribution >= 0.6 is 0 Å². The van der Waals surface area contributed by atoms with Crippen LogP contribution in [-0.4, -0.2) is 12.1 Å². The van der Waals surface area contributed by atoms with Crippen LogP contribution < -0.4 is 10.6 Å². The standard InChI is InChI=1S/C12H18N2/c1-3-12(4-2)9-13-10-7-5-6-8-11(10)14-12/h5-8,13-14H,3-4,9H2,1-2H3. The van der Waals surface area contributed by atoms with E-state index in [4.69, 9.17) is 0 Å². The first kappa shape index (κ1) is 9.38. The summed E-state index contributed by atoms with van der Waals surface area (Å²) in [6.45, 7) is 5.51. The quantitative estimate of drug-likeness (QED) is 0.749. The first-order chi connectivity index (χ1) is 6.79. The maximum atomic E-state index is 3.65. The van der Waals surface area contributed by atoms with Crippen LogP contribution in [0.3, 0.4) is 0 Å². The molecule has 0 amide bonds. The SMILES string of the molecule is CCC1(CC)CNc2ccccc2N1. The number of benzene rings is 1. The van der Waals surface area contributed by atoms with Crippen molar-refractivity contribution in [3.63, 3.8) is 0 Å². The molecule has 1 aromatic carbocycles. The Kier molecular flexibility index (Phi) is 2.36. The van der Waals surface area contributed by atoms with Crippen molar-refractivity contribution in [2.24, 2.45) is 0 Å². The molecule has 0 saturated carbocycles. The molecule has 1 aromatic rings. The average molecular weight is 190 g/mol. The molecule has 0 spiro atoms.